The van der Waals surface area contributed by atoms with Gasteiger partial charge < -0.3 is 0 Å². The summed E-state index contributed by atoms with van der Waals surface area (Å²) in [5.74, 6) is 0. The molecule has 1 aromatic rings. The fourth-order valence-corrected chi connectivity index (χ4v) is 23.6. The monoisotopic (exact) mass is 539 g/mol. The molecule has 4 heteroatoms. The van der Waals surface area contributed by atoms with E-state index < -0.39 is 24.0 Å². The van der Waals surface area contributed by atoms with E-state index in [1.54, 1.807) is 0 Å². The van der Waals surface area contributed by atoms with Crippen LogP contribution in [0.1, 0.15) is 92.1 Å². The molecule has 0 aromatic heterocycles. The number of ether oxygens (including phenoxy) is 1. The van der Waals surface area contributed by atoms with Gasteiger partial charge in [0.1, 0.15) is 0 Å². The summed E-state index contributed by atoms with van der Waals surface area (Å²) in [4.78, 5) is 15.3. The number of hydrogen-bond donors (Lipinski definition) is 0. The average molecular weight is 538 g/mol. The summed E-state index contributed by atoms with van der Waals surface area (Å²) in [5.41, 5.74) is 0.927. The van der Waals surface area contributed by atoms with E-state index in [0.29, 0.717) is 4.06 Å². The molecular weight excluding hydrogens is 489 g/mol. The van der Waals surface area contributed by atoms with Crippen LogP contribution in [0, 0.1) is 0 Å². The van der Waals surface area contributed by atoms with Crippen LogP contribution in [0.4, 0.5) is 4.79 Å². The van der Waals surface area contributed by atoms with Crippen LogP contribution < -0.4 is 0 Å². The van der Waals surface area contributed by atoms with Crippen molar-refractivity contribution in [1.29, 1.82) is 0 Å². The molecule has 0 bridgehead atoms. The molecule has 0 saturated heterocycles. The third kappa shape index (κ3) is 10.2. The summed E-state index contributed by atoms with van der Waals surface area (Å²) in [7, 11) is 2.03. The fraction of sp³-hybridized carbons (Fsp3) is 0.741. The normalized spacial score (nSPS) is 13.1. The van der Waals surface area contributed by atoms with Crippen LogP contribution in [0.15, 0.2) is 30.3 Å². The molecule has 0 spiro atoms. The van der Waals surface area contributed by atoms with E-state index in [0.717, 1.165) is 12.8 Å². The molecule has 1 amide bonds. The number of carbonyl (C=O) groups excluding carboxylic acids is 1. The maximum atomic E-state index is 13.2. The van der Waals surface area contributed by atoms with Crippen LogP contribution in [0.5, 0.6) is 0 Å². The first-order valence-corrected chi connectivity index (χ1v) is 20.4. The van der Waals surface area contributed by atoms with E-state index in [2.05, 4.69) is 51.1 Å². The minimum absolute atomic E-state index is 0.129. The molecule has 0 fully saturated rings. The Hall–Kier alpha value is -0.711. The maximum absolute atomic E-state index is 13.2. The van der Waals surface area contributed by atoms with Gasteiger partial charge in [0, 0.05) is 0 Å². The number of aryl methyl sites for hydroxylation is 1. The van der Waals surface area contributed by atoms with Gasteiger partial charge in [-0.2, -0.15) is 0 Å². The van der Waals surface area contributed by atoms with Crippen molar-refractivity contribution in [3.8, 4) is 0 Å². The van der Waals surface area contributed by atoms with Gasteiger partial charge in [-0.3, -0.25) is 0 Å². The first-order chi connectivity index (χ1) is 14.7. The summed E-state index contributed by atoms with van der Waals surface area (Å²) in [5, 5.41) is 0. The number of carbonyl (C=O) groups is 1. The quantitative estimate of drug-likeness (QED) is 0.223. The Balaban J connectivity index is 3.29. The van der Waals surface area contributed by atoms with Crippen molar-refractivity contribution in [3.63, 3.8) is 0 Å². The van der Waals surface area contributed by atoms with Gasteiger partial charge in [-0.05, 0) is 0 Å². The Morgan fingerprint density at radius 1 is 0.935 bits per heavy atom. The van der Waals surface area contributed by atoms with E-state index in [1.165, 1.54) is 57.4 Å². The zero-order valence-corrected chi connectivity index (χ0v) is 24.4. The number of amides is 1. The molecule has 1 aromatic carbocycles. The Morgan fingerprint density at radius 3 is 1.84 bits per heavy atom. The second kappa shape index (κ2) is 14.4. The Kier molecular flexibility index (Phi) is 13.2. The molecule has 1 atom stereocenters. The summed E-state index contributed by atoms with van der Waals surface area (Å²) in [6, 6.07) is 10.8. The van der Waals surface area contributed by atoms with Crippen LogP contribution in [0.3, 0.4) is 0 Å². The van der Waals surface area contributed by atoms with E-state index >= 15 is 0 Å². The Bertz CT molecular complexity index is 590. The number of unbranched alkanes of at least 4 members (excludes halogenated alkanes) is 3. The average Bonchev–Trinajstić information content (AvgIpc) is 2.73. The van der Waals surface area contributed by atoms with E-state index in [9.17, 15) is 4.79 Å². The van der Waals surface area contributed by atoms with Crippen molar-refractivity contribution in [3.05, 3.63) is 35.9 Å². The van der Waals surface area contributed by atoms with Gasteiger partial charge >= 0.3 is 198 Å². The third-order valence-corrected chi connectivity index (χ3v) is 24.0. The van der Waals surface area contributed by atoms with Gasteiger partial charge in [0.25, 0.3) is 0 Å². The van der Waals surface area contributed by atoms with Crippen LogP contribution in [-0.4, -0.2) is 46.1 Å². The molecule has 3 nitrogen and oxygen atoms in total. The van der Waals surface area contributed by atoms with Crippen molar-refractivity contribution in [2.75, 3.05) is 7.05 Å². The second-order valence-electron chi connectivity index (χ2n) is 10.3. The Morgan fingerprint density at radius 2 is 1.42 bits per heavy atom. The third-order valence-electron chi connectivity index (χ3n) is 6.49. The van der Waals surface area contributed by atoms with Crippen molar-refractivity contribution in [2.24, 2.45) is 0 Å². The van der Waals surface area contributed by atoms with Gasteiger partial charge in [-0.15, -0.1) is 0 Å². The number of benzene rings is 1. The van der Waals surface area contributed by atoms with Crippen molar-refractivity contribution >= 4 is 24.5 Å². The van der Waals surface area contributed by atoms with Crippen molar-refractivity contribution < 1.29 is 9.53 Å². The van der Waals surface area contributed by atoms with Crippen molar-refractivity contribution in [1.82, 2.24) is 4.90 Å². The molecule has 0 heterocycles. The first kappa shape index (κ1) is 28.3. The van der Waals surface area contributed by atoms with E-state index in [1.807, 2.05) is 32.7 Å². The number of nitrogens with zero attached hydrogens (tertiary/aromatic N) is 1. The molecule has 1 rings (SSSR count). The van der Waals surface area contributed by atoms with Gasteiger partial charge in [0.15, 0.2) is 0 Å². The van der Waals surface area contributed by atoms with Gasteiger partial charge in [0.05, 0.1) is 0 Å². The molecule has 0 unspecified atom stereocenters. The summed E-state index contributed by atoms with van der Waals surface area (Å²) < 4.78 is 10.5. The molecule has 178 valence electrons. The molecule has 0 saturated carbocycles. The fourth-order valence-electron chi connectivity index (χ4n) is 4.78. The first-order valence-electron chi connectivity index (χ1n) is 12.7. The molecular formula is C27H49NO2Sn. The van der Waals surface area contributed by atoms with Crippen LogP contribution in [-0.2, 0) is 11.2 Å². The molecule has 31 heavy (non-hydrogen) atoms. The van der Waals surface area contributed by atoms with Gasteiger partial charge in [0.2, 0.25) is 0 Å². The van der Waals surface area contributed by atoms with Gasteiger partial charge in [-0.25, -0.2) is 0 Å². The van der Waals surface area contributed by atoms with E-state index in [4.69, 9.17) is 4.74 Å². The summed E-state index contributed by atoms with van der Waals surface area (Å²) in [6.45, 7) is 12.9. The topological polar surface area (TPSA) is 29.5 Å². The number of rotatable bonds is 14. The molecule has 0 radical (unpaired) electrons. The summed E-state index contributed by atoms with van der Waals surface area (Å²) >= 11 is -2.68. The zero-order valence-electron chi connectivity index (χ0n) is 21.5. The SMILES string of the molecule is CCC[CH2][Sn]([CH2]CCC)([CH2]CCC)[C@H](CCc1ccccc1)N(C)C(=O)OC(C)(C)C. The molecule has 0 aliphatic heterocycles. The van der Waals surface area contributed by atoms with Crippen molar-refractivity contribution in [2.45, 2.75) is 116 Å². The molecule has 0 aliphatic carbocycles. The Labute approximate surface area is 197 Å². The predicted octanol–water partition coefficient (Wildman–Crippen LogP) is 8.24. The van der Waals surface area contributed by atoms with Crippen LogP contribution >= 0.6 is 0 Å². The molecule has 0 aliphatic rings. The molecule has 0 N–H and O–H groups in total. The number of hydrogen-bond acceptors (Lipinski definition) is 2. The zero-order chi connectivity index (χ0) is 23.3. The van der Waals surface area contributed by atoms with Crippen LogP contribution in [0.2, 0.25) is 13.3 Å². The second-order valence-corrected chi connectivity index (χ2v) is 24.3. The predicted molar refractivity (Wildman–Crippen MR) is 137 cm³/mol. The summed E-state index contributed by atoms with van der Waals surface area (Å²) in [6.07, 6.45) is 9.68. The van der Waals surface area contributed by atoms with Crippen LogP contribution in [0.25, 0.3) is 0 Å². The minimum atomic E-state index is -2.68. The van der Waals surface area contributed by atoms with E-state index in [-0.39, 0.29) is 6.09 Å². The standard InChI is InChI=1S/C15H22NO2.3C4H9.Sn/c1-15(2,3)18-14(17)16(4)12-8-11-13-9-6-5-7-10-13;3*1-3-4-2;/h5-7,9-10,12H,8,11H2,1-4H3;3*1,3-4H2,2H3;. The van der Waals surface area contributed by atoms with Gasteiger partial charge in [-0.1, -0.05) is 0 Å².